The fourth-order valence-electron chi connectivity index (χ4n) is 4.92. The monoisotopic (exact) mass is 508 g/mol. The number of nitrogens with one attached hydrogen (secondary N) is 1. The van der Waals surface area contributed by atoms with Gasteiger partial charge >= 0.3 is 0 Å². The summed E-state index contributed by atoms with van der Waals surface area (Å²) in [6.07, 6.45) is 5.71. The Labute approximate surface area is 213 Å². The zero-order chi connectivity index (χ0) is 25.4. The van der Waals surface area contributed by atoms with Gasteiger partial charge in [0.2, 0.25) is 0 Å². The maximum absolute atomic E-state index is 14.7. The summed E-state index contributed by atoms with van der Waals surface area (Å²) in [6.45, 7) is 4.66. The fraction of sp³-hybridized carbons (Fsp3) is 0.423. The molecule has 3 N–H and O–H groups in total. The molecule has 1 aliphatic carbocycles. The van der Waals surface area contributed by atoms with Crippen LogP contribution in [0.25, 0.3) is 0 Å². The molecule has 0 unspecified atom stereocenters. The molecule has 0 radical (unpaired) electrons. The molecular formula is C26H29FN6O2S. The van der Waals surface area contributed by atoms with Crippen LogP contribution in [0, 0.1) is 18.7 Å². The van der Waals surface area contributed by atoms with Gasteiger partial charge in [0.15, 0.2) is 17.3 Å². The summed E-state index contributed by atoms with van der Waals surface area (Å²) in [5.41, 5.74) is 7.58. The van der Waals surface area contributed by atoms with E-state index in [1.54, 1.807) is 12.3 Å². The number of hydrogen-bond donors (Lipinski definition) is 2. The number of nitrogens with zero attached hydrogens (tertiary/aromatic N) is 4. The number of halogens is 1. The number of ketones is 1. The van der Waals surface area contributed by atoms with Crippen molar-refractivity contribution < 1.29 is 14.0 Å². The topological polar surface area (TPSA) is 114 Å². The van der Waals surface area contributed by atoms with Crippen LogP contribution in [0.2, 0.25) is 0 Å². The van der Waals surface area contributed by atoms with E-state index in [9.17, 15) is 14.0 Å². The van der Waals surface area contributed by atoms with Crippen LogP contribution < -0.4 is 16.0 Å². The molecule has 1 amide bonds. The molecule has 0 bridgehead atoms. The predicted molar refractivity (Wildman–Crippen MR) is 138 cm³/mol. The highest BCUT2D eigenvalue weighted by molar-refractivity contribution is 7.10. The normalized spacial score (nSPS) is 19.8. The van der Waals surface area contributed by atoms with Gasteiger partial charge in [0.25, 0.3) is 5.91 Å². The van der Waals surface area contributed by atoms with Gasteiger partial charge in [-0.05, 0) is 86.7 Å². The van der Waals surface area contributed by atoms with E-state index in [-0.39, 0.29) is 41.2 Å². The van der Waals surface area contributed by atoms with E-state index in [1.165, 1.54) is 17.6 Å². The van der Waals surface area contributed by atoms with Crippen LogP contribution in [0.15, 0.2) is 30.5 Å². The summed E-state index contributed by atoms with van der Waals surface area (Å²) in [7, 11) is 0. The van der Waals surface area contributed by atoms with E-state index in [4.69, 9.17) is 5.73 Å². The predicted octanol–water partition coefficient (Wildman–Crippen LogP) is 4.98. The first-order valence-electron chi connectivity index (χ1n) is 12.3. The zero-order valence-corrected chi connectivity index (χ0v) is 21.1. The Morgan fingerprint density at radius 3 is 2.72 bits per heavy atom. The highest BCUT2D eigenvalue weighted by Crippen LogP contribution is 2.40. The van der Waals surface area contributed by atoms with Gasteiger partial charge in [0.1, 0.15) is 16.6 Å². The second-order valence-electron chi connectivity index (χ2n) is 9.72. The summed E-state index contributed by atoms with van der Waals surface area (Å²) in [5.74, 6) is 0.0604. The van der Waals surface area contributed by atoms with Gasteiger partial charge in [0.05, 0.1) is 17.5 Å². The van der Waals surface area contributed by atoms with Gasteiger partial charge in [-0.15, -0.1) is 0 Å². The third-order valence-corrected chi connectivity index (χ3v) is 7.89. The maximum Gasteiger partial charge on any atom is 0.271 e. The Balaban J connectivity index is 1.34. The Hall–Kier alpha value is -3.40. The van der Waals surface area contributed by atoms with Crippen LogP contribution >= 0.6 is 11.5 Å². The summed E-state index contributed by atoms with van der Waals surface area (Å²) >= 11 is 1.26. The lowest BCUT2D eigenvalue weighted by Gasteiger charge is -2.40. The van der Waals surface area contributed by atoms with Crippen molar-refractivity contribution in [3.8, 4) is 0 Å². The molecule has 0 spiro atoms. The van der Waals surface area contributed by atoms with E-state index in [0.717, 1.165) is 48.5 Å². The van der Waals surface area contributed by atoms with E-state index in [0.29, 0.717) is 11.7 Å². The van der Waals surface area contributed by atoms with Gasteiger partial charge < -0.3 is 16.0 Å². The van der Waals surface area contributed by atoms with Gasteiger partial charge in [0, 0.05) is 19.0 Å². The van der Waals surface area contributed by atoms with Crippen molar-refractivity contribution >= 4 is 39.9 Å². The quantitative estimate of drug-likeness (QED) is 0.413. The van der Waals surface area contributed by atoms with Gasteiger partial charge in [-0.25, -0.2) is 14.4 Å². The molecule has 2 atom stereocenters. The fourth-order valence-corrected chi connectivity index (χ4v) is 5.58. The lowest BCUT2D eigenvalue weighted by atomic mass is 9.84. The van der Waals surface area contributed by atoms with Crippen molar-refractivity contribution in [1.29, 1.82) is 0 Å². The number of aryl methyl sites for hydroxylation is 1. The third-order valence-electron chi connectivity index (χ3n) is 7.09. The molecular weight excluding hydrogens is 479 g/mol. The van der Waals surface area contributed by atoms with E-state index in [1.807, 2.05) is 26.0 Å². The average molecular weight is 509 g/mol. The largest absolute Gasteiger partial charge is 0.364 e. The van der Waals surface area contributed by atoms with Crippen LogP contribution in [0.4, 0.5) is 21.0 Å². The molecule has 1 aliphatic heterocycles. The lowest BCUT2D eigenvalue weighted by molar-refractivity contribution is 0.0940. The van der Waals surface area contributed by atoms with Gasteiger partial charge in [-0.2, -0.15) is 4.37 Å². The smallest absolute Gasteiger partial charge is 0.271 e. The number of amides is 1. The Morgan fingerprint density at radius 2 is 2.06 bits per heavy atom. The highest BCUT2D eigenvalue weighted by atomic mass is 32.1. The second kappa shape index (κ2) is 9.93. The molecule has 5 rings (SSSR count). The molecule has 2 aromatic heterocycles. The van der Waals surface area contributed by atoms with Crippen LogP contribution in [-0.4, -0.2) is 38.6 Å². The average Bonchev–Trinajstić information content (AvgIpc) is 3.62. The molecule has 2 fully saturated rings. The standard InChI is InChI=1S/C26H29FN6O2S/c1-14-10-23(36-32-14)31-26-24(25(28)35)29-13-22(30-26)33-9-3-4-17(15(33)2)12-21(34)19-8-7-18(11-20(19)27)16-5-6-16/h7-8,10-11,13,15-17H,3-6,9,12H2,1-2H3,(H2,28,35)(H,30,31)/t15-,17+/m1/s1. The first-order valence-corrected chi connectivity index (χ1v) is 13.0. The number of benzene rings is 1. The Morgan fingerprint density at radius 1 is 1.25 bits per heavy atom. The lowest BCUT2D eigenvalue weighted by Crippen LogP contribution is -2.44. The first-order chi connectivity index (χ1) is 17.3. The molecule has 10 heteroatoms. The summed E-state index contributed by atoms with van der Waals surface area (Å²) in [4.78, 5) is 36.1. The molecule has 3 heterocycles. The van der Waals surface area contributed by atoms with Crippen molar-refractivity contribution in [3.05, 3.63) is 58.8 Å². The SMILES string of the molecule is Cc1cc(Nc2nc(N3CCC[C@@H](CC(=O)c4ccc(C5CC5)cc4F)[C@H]3C)cnc2C(N)=O)sn1. The summed E-state index contributed by atoms with van der Waals surface area (Å²) in [6, 6.07) is 6.88. The molecule has 3 aromatic rings. The molecule has 1 saturated heterocycles. The Bertz CT molecular complexity index is 1310. The minimum absolute atomic E-state index is 0.0243. The molecule has 2 aliphatic rings. The number of rotatable bonds is 8. The first kappa shape index (κ1) is 24.3. The molecule has 36 heavy (non-hydrogen) atoms. The second-order valence-corrected chi connectivity index (χ2v) is 10.5. The van der Waals surface area contributed by atoms with E-state index >= 15 is 0 Å². The van der Waals surface area contributed by atoms with Crippen LogP contribution in [0.5, 0.6) is 0 Å². The number of hydrogen-bond acceptors (Lipinski definition) is 8. The zero-order valence-electron chi connectivity index (χ0n) is 20.3. The van der Waals surface area contributed by atoms with Crippen molar-refractivity contribution in [1.82, 2.24) is 14.3 Å². The van der Waals surface area contributed by atoms with Gasteiger partial charge in [-0.1, -0.05) is 6.07 Å². The maximum atomic E-state index is 14.7. The highest BCUT2D eigenvalue weighted by Gasteiger charge is 2.32. The molecule has 1 aromatic carbocycles. The van der Waals surface area contributed by atoms with Crippen molar-refractivity contribution in [2.75, 3.05) is 16.8 Å². The van der Waals surface area contributed by atoms with Crippen molar-refractivity contribution in [2.24, 2.45) is 11.7 Å². The summed E-state index contributed by atoms with van der Waals surface area (Å²) in [5, 5.41) is 3.84. The van der Waals surface area contributed by atoms with Gasteiger partial charge in [-0.3, -0.25) is 9.59 Å². The van der Waals surface area contributed by atoms with E-state index < -0.39 is 11.7 Å². The molecule has 188 valence electrons. The summed E-state index contributed by atoms with van der Waals surface area (Å²) < 4.78 is 19.0. The minimum atomic E-state index is -0.678. The number of primary amides is 1. The Kier molecular flexibility index (Phi) is 6.70. The number of carbonyl (C=O) groups is 2. The van der Waals surface area contributed by atoms with Crippen LogP contribution in [0.1, 0.15) is 77.0 Å². The number of anilines is 3. The number of nitrogens with two attached hydrogens (primary N) is 1. The van der Waals surface area contributed by atoms with Crippen LogP contribution in [-0.2, 0) is 0 Å². The third kappa shape index (κ3) is 5.09. The number of piperidine rings is 1. The van der Waals surface area contributed by atoms with Crippen molar-refractivity contribution in [2.45, 2.75) is 57.9 Å². The number of carbonyl (C=O) groups excluding carboxylic acids is 2. The number of Topliss-reactive ketones (excluding diaryl/α,β-unsaturated/α-hetero) is 1. The minimum Gasteiger partial charge on any atom is -0.364 e. The number of aromatic nitrogens is 3. The van der Waals surface area contributed by atoms with Crippen LogP contribution in [0.3, 0.4) is 0 Å². The van der Waals surface area contributed by atoms with Crippen molar-refractivity contribution in [3.63, 3.8) is 0 Å². The molecule has 8 nitrogen and oxygen atoms in total. The molecule has 1 saturated carbocycles. The van der Waals surface area contributed by atoms with E-state index in [2.05, 4.69) is 24.6 Å².